The molecule has 4 nitrogen and oxygen atoms in total. The zero-order chi connectivity index (χ0) is 11.1. The molecule has 0 unspecified atom stereocenters. The first-order valence-electron chi connectivity index (χ1n) is 5.01. The van der Waals surface area contributed by atoms with E-state index in [1.165, 1.54) is 0 Å². The molecule has 2 N–H and O–H groups in total. The maximum atomic E-state index is 11.4. The van der Waals surface area contributed by atoms with Crippen LogP contribution in [0.3, 0.4) is 0 Å². The molecular weight excluding hydrogens is 180 g/mol. The van der Waals surface area contributed by atoms with E-state index in [9.17, 15) is 9.59 Å². The molecule has 82 valence electrons. The first kappa shape index (κ1) is 12.9. The number of carbonyl (C=O) groups is 2. The van der Waals surface area contributed by atoms with Crippen LogP contribution in [0.15, 0.2) is 0 Å². The lowest BCUT2D eigenvalue weighted by Gasteiger charge is -2.19. The lowest BCUT2D eigenvalue weighted by molar-refractivity contribution is -0.126. The summed E-state index contributed by atoms with van der Waals surface area (Å²) >= 11 is 0. The Morgan fingerprint density at radius 2 is 1.86 bits per heavy atom. The van der Waals surface area contributed by atoms with Crippen LogP contribution in [0.25, 0.3) is 0 Å². The summed E-state index contributed by atoms with van der Waals surface area (Å²) in [7, 11) is 1.61. The summed E-state index contributed by atoms with van der Waals surface area (Å²) in [6, 6.07) is 0. The molecule has 0 aromatic heterocycles. The van der Waals surface area contributed by atoms with Gasteiger partial charge in [0.1, 0.15) is 0 Å². The van der Waals surface area contributed by atoms with Gasteiger partial charge in [-0.15, -0.1) is 0 Å². The zero-order valence-electron chi connectivity index (χ0n) is 9.39. The van der Waals surface area contributed by atoms with Crippen LogP contribution in [0.5, 0.6) is 0 Å². The summed E-state index contributed by atoms with van der Waals surface area (Å²) in [6.07, 6.45) is 0.457. The van der Waals surface area contributed by atoms with Crippen LogP contribution in [-0.4, -0.2) is 25.4 Å². The fourth-order valence-corrected chi connectivity index (χ4v) is 1.17. The normalized spacial score (nSPS) is 12.4. The standard InChI is InChI=1S/C10H20N2O2/c1-5-9(13)12-6-8(7(2)3)10(14)11-4/h7-8H,5-6H2,1-4H3,(H,11,14)(H,12,13)/t8-/m0/s1. The van der Waals surface area contributed by atoms with E-state index < -0.39 is 0 Å². The minimum atomic E-state index is -0.143. The van der Waals surface area contributed by atoms with E-state index in [2.05, 4.69) is 10.6 Å². The molecule has 0 aliphatic heterocycles. The number of nitrogens with one attached hydrogen (secondary N) is 2. The highest BCUT2D eigenvalue weighted by Crippen LogP contribution is 2.09. The molecule has 1 atom stereocenters. The first-order valence-corrected chi connectivity index (χ1v) is 5.01. The molecule has 2 amide bonds. The average molecular weight is 200 g/mol. The molecule has 0 aliphatic rings. The summed E-state index contributed by atoms with van der Waals surface area (Å²) < 4.78 is 0. The summed E-state index contributed by atoms with van der Waals surface area (Å²) in [5.74, 6) is 0.0542. The average Bonchev–Trinajstić information content (AvgIpc) is 2.16. The summed E-state index contributed by atoms with van der Waals surface area (Å²) in [6.45, 7) is 6.15. The van der Waals surface area contributed by atoms with Crippen molar-refractivity contribution < 1.29 is 9.59 Å². The van der Waals surface area contributed by atoms with Crippen LogP contribution in [-0.2, 0) is 9.59 Å². The van der Waals surface area contributed by atoms with Crippen molar-refractivity contribution in [3.63, 3.8) is 0 Å². The maximum Gasteiger partial charge on any atom is 0.224 e. The summed E-state index contributed by atoms with van der Waals surface area (Å²) in [4.78, 5) is 22.4. The Balaban J connectivity index is 4.11. The molecule has 0 bridgehead atoms. The van der Waals surface area contributed by atoms with Crippen molar-refractivity contribution in [3.05, 3.63) is 0 Å². The predicted octanol–water partition coefficient (Wildman–Crippen LogP) is 0.531. The SMILES string of the molecule is CCC(=O)NC[C@H](C(=O)NC)C(C)C. The van der Waals surface area contributed by atoms with Crippen molar-refractivity contribution in [2.24, 2.45) is 11.8 Å². The number of amides is 2. The Bertz CT molecular complexity index is 202. The Morgan fingerprint density at radius 1 is 1.29 bits per heavy atom. The largest absolute Gasteiger partial charge is 0.359 e. The van der Waals surface area contributed by atoms with E-state index >= 15 is 0 Å². The van der Waals surface area contributed by atoms with Crippen molar-refractivity contribution in [2.75, 3.05) is 13.6 Å². The van der Waals surface area contributed by atoms with Gasteiger partial charge in [0.2, 0.25) is 11.8 Å². The van der Waals surface area contributed by atoms with Crippen molar-refractivity contribution in [1.82, 2.24) is 10.6 Å². The monoisotopic (exact) mass is 200 g/mol. The third-order valence-electron chi connectivity index (χ3n) is 2.23. The van der Waals surface area contributed by atoms with Gasteiger partial charge < -0.3 is 10.6 Å². The summed E-state index contributed by atoms with van der Waals surface area (Å²) in [5.41, 5.74) is 0. The van der Waals surface area contributed by atoms with Crippen LogP contribution in [0.1, 0.15) is 27.2 Å². The van der Waals surface area contributed by atoms with Gasteiger partial charge in [-0.3, -0.25) is 9.59 Å². The highest BCUT2D eigenvalue weighted by atomic mass is 16.2. The van der Waals surface area contributed by atoms with Gasteiger partial charge in [-0.25, -0.2) is 0 Å². The molecule has 0 radical (unpaired) electrons. The molecule has 0 aromatic carbocycles. The van der Waals surface area contributed by atoms with Gasteiger partial charge in [0.05, 0.1) is 5.92 Å². The fourth-order valence-electron chi connectivity index (χ4n) is 1.17. The van der Waals surface area contributed by atoms with E-state index in [0.29, 0.717) is 13.0 Å². The van der Waals surface area contributed by atoms with Gasteiger partial charge >= 0.3 is 0 Å². The summed E-state index contributed by atoms with van der Waals surface area (Å²) in [5, 5.41) is 5.33. The molecule has 0 aliphatic carbocycles. The molecule has 0 spiro atoms. The number of hydrogen-bond acceptors (Lipinski definition) is 2. The third-order valence-corrected chi connectivity index (χ3v) is 2.23. The lowest BCUT2D eigenvalue weighted by atomic mass is 9.95. The van der Waals surface area contributed by atoms with Crippen LogP contribution in [0, 0.1) is 11.8 Å². The van der Waals surface area contributed by atoms with Gasteiger partial charge in [-0.05, 0) is 5.92 Å². The Morgan fingerprint density at radius 3 is 2.21 bits per heavy atom. The van der Waals surface area contributed by atoms with Crippen molar-refractivity contribution in [3.8, 4) is 0 Å². The second-order valence-electron chi connectivity index (χ2n) is 3.62. The van der Waals surface area contributed by atoms with Gasteiger partial charge in [0, 0.05) is 20.0 Å². The number of hydrogen-bond donors (Lipinski definition) is 2. The van der Waals surface area contributed by atoms with Gasteiger partial charge in [-0.1, -0.05) is 20.8 Å². The molecular formula is C10H20N2O2. The highest BCUT2D eigenvalue weighted by molar-refractivity contribution is 5.80. The molecule has 4 heteroatoms. The third kappa shape index (κ3) is 4.25. The molecule has 0 heterocycles. The van der Waals surface area contributed by atoms with Gasteiger partial charge in [0.25, 0.3) is 0 Å². The minimum absolute atomic E-state index is 0.0143. The fraction of sp³-hybridized carbons (Fsp3) is 0.800. The van der Waals surface area contributed by atoms with E-state index in [1.54, 1.807) is 14.0 Å². The van der Waals surface area contributed by atoms with Crippen molar-refractivity contribution >= 4 is 11.8 Å². The van der Waals surface area contributed by atoms with E-state index in [1.807, 2.05) is 13.8 Å². The van der Waals surface area contributed by atoms with Crippen LogP contribution >= 0.6 is 0 Å². The van der Waals surface area contributed by atoms with Crippen molar-refractivity contribution in [2.45, 2.75) is 27.2 Å². The van der Waals surface area contributed by atoms with E-state index in [-0.39, 0.29) is 23.7 Å². The lowest BCUT2D eigenvalue weighted by Crippen LogP contribution is -2.39. The molecule has 0 rings (SSSR count). The van der Waals surface area contributed by atoms with Gasteiger partial charge in [-0.2, -0.15) is 0 Å². The highest BCUT2D eigenvalue weighted by Gasteiger charge is 2.21. The Hall–Kier alpha value is -1.06. The topological polar surface area (TPSA) is 58.2 Å². The molecule has 0 saturated heterocycles. The molecule has 0 fully saturated rings. The Labute approximate surface area is 85.4 Å². The quantitative estimate of drug-likeness (QED) is 0.680. The van der Waals surface area contributed by atoms with Crippen LogP contribution in [0.4, 0.5) is 0 Å². The zero-order valence-corrected chi connectivity index (χ0v) is 9.39. The second kappa shape index (κ2) is 6.40. The molecule has 0 saturated carbocycles. The smallest absolute Gasteiger partial charge is 0.224 e. The Kier molecular flexibility index (Phi) is 5.92. The predicted molar refractivity (Wildman–Crippen MR) is 55.7 cm³/mol. The minimum Gasteiger partial charge on any atom is -0.359 e. The second-order valence-corrected chi connectivity index (χ2v) is 3.62. The van der Waals surface area contributed by atoms with Gasteiger partial charge in [0.15, 0.2) is 0 Å². The van der Waals surface area contributed by atoms with Crippen LogP contribution in [0.2, 0.25) is 0 Å². The van der Waals surface area contributed by atoms with E-state index in [4.69, 9.17) is 0 Å². The molecule has 0 aromatic rings. The number of rotatable bonds is 5. The van der Waals surface area contributed by atoms with Crippen LogP contribution < -0.4 is 10.6 Å². The van der Waals surface area contributed by atoms with Crippen molar-refractivity contribution in [1.29, 1.82) is 0 Å². The first-order chi connectivity index (χ1) is 6.52. The number of carbonyl (C=O) groups excluding carboxylic acids is 2. The molecule has 14 heavy (non-hydrogen) atoms. The maximum absolute atomic E-state index is 11.4. The van der Waals surface area contributed by atoms with E-state index in [0.717, 1.165) is 0 Å².